The van der Waals surface area contributed by atoms with Crippen LogP contribution in [-0.2, 0) is 11.3 Å². The van der Waals surface area contributed by atoms with Gasteiger partial charge in [0.25, 0.3) is 5.91 Å². The minimum absolute atomic E-state index is 0.00816. The lowest BCUT2D eigenvalue weighted by Crippen LogP contribution is -2.46. The smallest absolute Gasteiger partial charge is 0.268 e. The monoisotopic (exact) mass is 337 g/mol. The molecule has 0 aromatic heterocycles. The summed E-state index contributed by atoms with van der Waals surface area (Å²) in [5.74, 6) is 0.834. The molecule has 2 aromatic carbocycles. The van der Waals surface area contributed by atoms with E-state index >= 15 is 0 Å². The van der Waals surface area contributed by atoms with Gasteiger partial charge in [0.05, 0.1) is 17.9 Å². The molecule has 0 radical (unpaired) electrons. The van der Waals surface area contributed by atoms with Gasteiger partial charge in [-0.2, -0.15) is 0 Å². The second kappa shape index (κ2) is 6.76. The predicted octanol–water partition coefficient (Wildman–Crippen LogP) is 2.41. The SMILES string of the molecule is CC1Oc2c(N3CCNCC3)cccc2N(Cc2ccccc2)C1=O. The van der Waals surface area contributed by atoms with E-state index in [2.05, 4.69) is 16.3 Å². The Bertz CT molecular complexity index is 757. The first-order chi connectivity index (χ1) is 12.2. The van der Waals surface area contributed by atoms with E-state index in [-0.39, 0.29) is 5.91 Å². The number of benzene rings is 2. The summed E-state index contributed by atoms with van der Waals surface area (Å²) in [4.78, 5) is 16.9. The Hall–Kier alpha value is -2.53. The van der Waals surface area contributed by atoms with Crippen molar-refractivity contribution in [3.63, 3.8) is 0 Å². The molecule has 1 fully saturated rings. The van der Waals surface area contributed by atoms with Crippen LogP contribution in [0.3, 0.4) is 0 Å². The van der Waals surface area contributed by atoms with E-state index in [9.17, 15) is 4.79 Å². The molecule has 2 aromatic rings. The number of hydrogen-bond donors (Lipinski definition) is 1. The van der Waals surface area contributed by atoms with Crippen LogP contribution in [0, 0.1) is 0 Å². The van der Waals surface area contributed by atoms with Crippen LogP contribution in [-0.4, -0.2) is 38.2 Å². The Balaban J connectivity index is 1.72. The minimum Gasteiger partial charge on any atom is -0.476 e. The van der Waals surface area contributed by atoms with Crippen molar-refractivity contribution in [1.82, 2.24) is 5.32 Å². The van der Waals surface area contributed by atoms with E-state index in [1.165, 1.54) is 0 Å². The largest absolute Gasteiger partial charge is 0.476 e. The van der Waals surface area contributed by atoms with Crippen LogP contribution in [0.5, 0.6) is 5.75 Å². The standard InChI is InChI=1S/C20H23N3O2/c1-15-20(24)23(14-16-6-3-2-4-7-16)18-9-5-8-17(19(18)25-15)22-12-10-21-11-13-22/h2-9,15,21H,10-14H2,1H3. The number of rotatable bonds is 3. The molecular weight excluding hydrogens is 314 g/mol. The first-order valence-corrected chi connectivity index (χ1v) is 8.84. The van der Waals surface area contributed by atoms with Gasteiger partial charge in [-0.1, -0.05) is 36.4 Å². The number of piperazine rings is 1. The lowest BCUT2D eigenvalue weighted by Gasteiger charge is -2.37. The number of anilines is 2. The van der Waals surface area contributed by atoms with Crippen molar-refractivity contribution in [2.24, 2.45) is 0 Å². The van der Waals surface area contributed by atoms with Crippen molar-refractivity contribution in [2.75, 3.05) is 36.0 Å². The molecule has 4 rings (SSSR count). The van der Waals surface area contributed by atoms with Gasteiger partial charge in [-0.3, -0.25) is 4.79 Å². The summed E-state index contributed by atoms with van der Waals surface area (Å²) in [5, 5.41) is 3.37. The lowest BCUT2D eigenvalue weighted by molar-refractivity contribution is -0.125. The highest BCUT2D eigenvalue weighted by atomic mass is 16.5. The molecule has 2 aliphatic rings. The topological polar surface area (TPSA) is 44.8 Å². The zero-order valence-electron chi connectivity index (χ0n) is 14.4. The Morgan fingerprint density at radius 3 is 2.52 bits per heavy atom. The number of nitrogens with zero attached hydrogens (tertiary/aromatic N) is 2. The number of ether oxygens (including phenoxy) is 1. The highest BCUT2D eigenvalue weighted by Crippen LogP contribution is 2.42. The molecule has 2 heterocycles. The van der Waals surface area contributed by atoms with E-state index in [1.54, 1.807) is 0 Å². The Kier molecular flexibility index (Phi) is 4.32. The molecule has 1 amide bonds. The number of carbonyl (C=O) groups excluding carboxylic acids is 1. The molecule has 1 unspecified atom stereocenters. The number of carbonyl (C=O) groups is 1. The van der Waals surface area contributed by atoms with E-state index < -0.39 is 6.10 Å². The van der Waals surface area contributed by atoms with Crippen molar-refractivity contribution < 1.29 is 9.53 Å². The molecular formula is C20H23N3O2. The molecule has 1 N–H and O–H groups in total. The van der Waals surface area contributed by atoms with Crippen molar-refractivity contribution >= 4 is 17.3 Å². The normalized spacial score (nSPS) is 20.2. The van der Waals surface area contributed by atoms with E-state index in [4.69, 9.17) is 4.74 Å². The summed E-state index contributed by atoms with van der Waals surface area (Å²) in [6, 6.07) is 16.2. The van der Waals surface area contributed by atoms with E-state index in [0.717, 1.165) is 48.9 Å². The highest BCUT2D eigenvalue weighted by Gasteiger charge is 2.34. The zero-order valence-corrected chi connectivity index (χ0v) is 14.4. The maximum absolute atomic E-state index is 12.8. The summed E-state index contributed by atoms with van der Waals surface area (Å²) < 4.78 is 6.04. The Morgan fingerprint density at radius 2 is 1.76 bits per heavy atom. The lowest BCUT2D eigenvalue weighted by atomic mass is 10.1. The number of nitrogens with one attached hydrogen (secondary N) is 1. The average molecular weight is 337 g/mol. The minimum atomic E-state index is -0.472. The number of amides is 1. The average Bonchev–Trinajstić information content (AvgIpc) is 2.66. The quantitative estimate of drug-likeness (QED) is 0.934. The number of fused-ring (bicyclic) bond motifs is 1. The number of para-hydroxylation sites is 1. The highest BCUT2D eigenvalue weighted by molar-refractivity contribution is 6.01. The van der Waals surface area contributed by atoms with Crippen LogP contribution in [0.25, 0.3) is 0 Å². The van der Waals surface area contributed by atoms with Crippen LogP contribution < -0.4 is 19.9 Å². The Labute approximate surface area is 148 Å². The first kappa shape index (κ1) is 16.0. The molecule has 1 atom stereocenters. The van der Waals surface area contributed by atoms with Crippen molar-refractivity contribution in [3.05, 3.63) is 54.1 Å². The van der Waals surface area contributed by atoms with Crippen molar-refractivity contribution in [2.45, 2.75) is 19.6 Å². The van der Waals surface area contributed by atoms with Gasteiger partial charge in [0.15, 0.2) is 11.9 Å². The van der Waals surface area contributed by atoms with Crippen LogP contribution in [0.2, 0.25) is 0 Å². The molecule has 0 aliphatic carbocycles. The summed E-state index contributed by atoms with van der Waals surface area (Å²) in [6.45, 7) is 6.21. The van der Waals surface area contributed by atoms with Crippen molar-refractivity contribution in [3.8, 4) is 5.75 Å². The summed E-state index contributed by atoms with van der Waals surface area (Å²) in [7, 11) is 0. The van der Waals surface area contributed by atoms with Gasteiger partial charge in [0.1, 0.15) is 0 Å². The number of hydrogen-bond acceptors (Lipinski definition) is 4. The van der Waals surface area contributed by atoms with Crippen LogP contribution >= 0.6 is 0 Å². The zero-order chi connectivity index (χ0) is 17.2. The third-order valence-corrected chi connectivity index (χ3v) is 4.81. The maximum Gasteiger partial charge on any atom is 0.268 e. The summed E-state index contributed by atoms with van der Waals surface area (Å²) >= 11 is 0. The van der Waals surface area contributed by atoms with Crippen molar-refractivity contribution in [1.29, 1.82) is 0 Å². The first-order valence-electron chi connectivity index (χ1n) is 8.84. The van der Waals surface area contributed by atoms with Gasteiger partial charge in [0.2, 0.25) is 0 Å². The van der Waals surface area contributed by atoms with E-state index in [0.29, 0.717) is 6.54 Å². The molecule has 5 heteroatoms. The van der Waals surface area contributed by atoms with Gasteiger partial charge in [-0.25, -0.2) is 0 Å². The third kappa shape index (κ3) is 3.07. The predicted molar refractivity (Wildman–Crippen MR) is 99.2 cm³/mol. The second-order valence-electron chi connectivity index (χ2n) is 6.53. The van der Waals surface area contributed by atoms with Gasteiger partial charge >= 0.3 is 0 Å². The van der Waals surface area contributed by atoms with Crippen LogP contribution in [0.15, 0.2) is 48.5 Å². The molecule has 0 bridgehead atoms. The molecule has 0 spiro atoms. The van der Waals surface area contributed by atoms with Gasteiger partial charge in [-0.05, 0) is 24.6 Å². The third-order valence-electron chi connectivity index (χ3n) is 4.81. The molecule has 1 saturated heterocycles. The fourth-order valence-electron chi connectivity index (χ4n) is 3.50. The fourth-order valence-corrected chi connectivity index (χ4v) is 3.50. The second-order valence-corrected chi connectivity index (χ2v) is 6.53. The molecule has 130 valence electrons. The van der Waals surface area contributed by atoms with E-state index in [1.807, 2.05) is 54.3 Å². The maximum atomic E-state index is 12.8. The Morgan fingerprint density at radius 1 is 1.04 bits per heavy atom. The molecule has 2 aliphatic heterocycles. The van der Waals surface area contributed by atoms with Crippen LogP contribution in [0.1, 0.15) is 12.5 Å². The summed E-state index contributed by atoms with van der Waals surface area (Å²) in [6.07, 6.45) is -0.472. The summed E-state index contributed by atoms with van der Waals surface area (Å²) in [5.41, 5.74) is 3.06. The molecule has 0 saturated carbocycles. The van der Waals surface area contributed by atoms with Crippen LogP contribution in [0.4, 0.5) is 11.4 Å². The van der Waals surface area contributed by atoms with Gasteiger partial charge < -0.3 is 19.9 Å². The molecule has 5 nitrogen and oxygen atoms in total. The van der Waals surface area contributed by atoms with Gasteiger partial charge in [0, 0.05) is 26.2 Å². The fraction of sp³-hybridized carbons (Fsp3) is 0.350. The van der Waals surface area contributed by atoms with Gasteiger partial charge in [-0.15, -0.1) is 0 Å². The molecule has 25 heavy (non-hydrogen) atoms.